The molecular formula is C17H21NO. The van der Waals surface area contributed by atoms with E-state index in [-0.39, 0.29) is 11.8 Å². The van der Waals surface area contributed by atoms with Crippen LogP contribution in [0.3, 0.4) is 0 Å². The lowest BCUT2D eigenvalue weighted by molar-refractivity contribution is -0.121. The van der Waals surface area contributed by atoms with E-state index in [9.17, 15) is 4.79 Å². The van der Waals surface area contributed by atoms with Gasteiger partial charge in [-0.2, -0.15) is 0 Å². The normalized spacial score (nSPS) is 25.0. The molecule has 1 aliphatic rings. The van der Waals surface area contributed by atoms with E-state index >= 15 is 0 Å². The van der Waals surface area contributed by atoms with Gasteiger partial charge in [0.1, 0.15) is 5.78 Å². The van der Waals surface area contributed by atoms with Gasteiger partial charge in [0, 0.05) is 18.7 Å². The molecule has 0 heterocycles. The molecule has 1 fully saturated rings. The minimum atomic E-state index is -0.144. The molecule has 2 unspecified atom stereocenters. The fourth-order valence-corrected chi connectivity index (χ4v) is 2.90. The fraction of sp³-hybridized carbons (Fsp3) is 0.412. The summed E-state index contributed by atoms with van der Waals surface area (Å²) < 4.78 is 0. The Morgan fingerprint density at radius 2 is 2.16 bits per heavy atom. The molecule has 2 heteroatoms. The van der Waals surface area contributed by atoms with E-state index in [1.165, 1.54) is 11.1 Å². The molecule has 0 N–H and O–H groups in total. The molecular weight excluding hydrogens is 234 g/mol. The molecule has 0 aliphatic heterocycles. The van der Waals surface area contributed by atoms with Crippen molar-refractivity contribution in [1.29, 1.82) is 0 Å². The summed E-state index contributed by atoms with van der Waals surface area (Å²) in [7, 11) is 1.79. The number of rotatable bonds is 3. The monoisotopic (exact) mass is 255 g/mol. The van der Waals surface area contributed by atoms with E-state index < -0.39 is 0 Å². The van der Waals surface area contributed by atoms with Crippen LogP contribution < -0.4 is 0 Å². The van der Waals surface area contributed by atoms with Gasteiger partial charge in [0.15, 0.2) is 0 Å². The molecule has 1 saturated carbocycles. The first-order chi connectivity index (χ1) is 9.08. The number of carbonyl (C=O) groups is 1. The van der Waals surface area contributed by atoms with Crippen molar-refractivity contribution in [3.05, 3.63) is 47.5 Å². The zero-order valence-corrected chi connectivity index (χ0v) is 11.9. The third kappa shape index (κ3) is 2.53. The lowest BCUT2D eigenvalue weighted by Crippen LogP contribution is -2.16. The summed E-state index contributed by atoms with van der Waals surface area (Å²) >= 11 is 0. The zero-order valence-electron chi connectivity index (χ0n) is 11.9. The van der Waals surface area contributed by atoms with E-state index in [0.29, 0.717) is 5.78 Å². The van der Waals surface area contributed by atoms with Crippen LogP contribution in [-0.2, 0) is 4.79 Å². The van der Waals surface area contributed by atoms with Crippen molar-refractivity contribution in [3.8, 4) is 0 Å². The lowest BCUT2D eigenvalue weighted by Gasteiger charge is -2.14. The first kappa shape index (κ1) is 13.7. The van der Waals surface area contributed by atoms with Crippen LogP contribution in [-0.4, -0.2) is 18.5 Å². The van der Waals surface area contributed by atoms with Crippen molar-refractivity contribution in [2.75, 3.05) is 7.05 Å². The molecule has 1 aromatic rings. The predicted octanol–water partition coefficient (Wildman–Crippen LogP) is 3.62. The Morgan fingerprint density at radius 3 is 2.79 bits per heavy atom. The average Bonchev–Trinajstić information content (AvgIpc) is 2.70. The number of benzene rings is 1. The highest BCUT2D eigenvalue weighted by Gasteiger charge is 2.39. The van der Waals surface area contributed by atoms with Crippen molar-refractivity contribution in [1.82, 2.24) is 0 Å². The van der Waals surface area contributed by atoms with Crippen LogP contribution in [0.2, 0.25) is 0 Å². The smallest absolute Gasteiger partial charge is 0.149 e. The molecule has 0 radical (unpaired) electrons. The van der Waals surface area contributed by atoms with Crippen molar-refractivity contribution >= 4 is 11.5 Å². The molecule has 0 spiro atoms. The van der Waals surface area contributed by atoms with Crippen molar-refractivity contribution in [2.45, 2.75) is 32.6 Å². The van der Waals surface area contributed by atoms with Crippen molar-refractivity contribution < 1.29 is 4.79 Å². The molecule has 2 rings (SSSR count). The van der Waals surface area contributed by atoms with Gasteiger partial charge in [0.2, 0.25) is 0 Å². The molecule has 2 nitrogen and oxygen atoms in total. The van der Waals surface area contributed by atoms with Gasteiger partial charge in [0.05, 0.1) is 5.92 Å². The highest BCUT2D eigenvalue weighted by Crippen LogP contribution is 2.36. The Labute approximate surface area is 115 Å². The topological polar surface area (TPSA) is 29.4 Å². The number of hydrogen-bond acceptors (Lipinski definition) is 2. The fourth-order valence-electron chi connectivity index (χ4n) is 2.90. The Bertz CT molecular complexity index is 542. The van der Waals surface area contributed by atoms with E-state index in [1.54, 1.807) is 7.05 Å². The van der Waals surface area contributed by atoms with Gasteiger partial charge in [-0.15, -0.1) is 6.58 Å². The van der Waals surface area contributed by atoms with Gasteiger partial charge in [0.25, 0.3) is 0 Å². The second kappa shape index (κ2) is 5.52. The second-order valence-corrected chi connectivity index (χ2v) is 5.34. The molecule has 0 aromatic heterocycles. The molecule has 19 heavy (non-hydrogen) atoms. The number of aliphatic imine (C=N–C) groups is 1. The van der Waals surface area contributed by atoms with Gasteiger partial charge >= 0.3 is 0 Å². The van der Waals surface area contributed by atoms with Crippen molar-refractivity contribution in [2.24, 2.45) is 10.9 Å². The summed E-state index contributed by atoms with van der Waals surface area (Å²) in [5.74, 6) is 0.213. The Kier molecular flexibility index (Phi) is 3.98. The van der Waals surface area contributed by atoms with Gasteiger partial charge < -0.3 is 0 Å². The molecule has 1 aliphatic carbocycles. The van der Waals surface area contributed by atoms with Gasteiger partial charge in [-0.05, 0) is 37.8 Å². The van der Waals surface area contributed by atoms with E-state index in [1.807, 2.05) is 6.08 Å². The van der Waals surface area contributed by atoms with Crippen LogP contribution in [0.25, 0.3) is 0 Å². The van der Waals surface area contributed by atoms with Gasteiger partial charge in [-0.1, -0.05) is 29.8 Å². The minimum Gasteiger partial charge on any atom is -0.298 e. The molecule has 100 valence electrons. The number of ketones is 1. The highest BCUT2D eigenvalue weighted by molar-refractivity contribution is 6.17. The summed E-state index contributed by atoms with van der Waals surface area (Å²) in [4.78, 5) is 17.0. The number of carbonyl (C=O) groups excluding carboxylic acids is 1. The quantitative estimate of drug-likeness (QED) is 0.758. The summed E-state index contributed by atoms with van der Waals surface area (Å²) in [5.41, 5.74) is 4.50. The maximum atomic E-state index is 12.6. The highest BCUT2D eigenvalue weighted by atomic mass is 16.1. The van der Waals surface area contributed by atoms with Crippen LogP contribution in [0.5, 0.6) is 0 Å². The van der Waals surface area contributed by atoms with E-state index in [2.05, 4.69) is 43.6 Å². The van der Waals surface area contributed by atoms with Crippen LogP contribution >= 0.6 is 0 Å². The predicted molar refractivity (Wildman–Crippen MR) is 79.9 cm³/mol. The number of allylic oxidation sites excluding steroid dienone is 1. The molecule has 1 aromatic carbocycles. The van der Waals surface area contributed by atoms with Gasteiger partial charge in [-0.3, -0.25) is 9.79 Å². The van der Waals surface area contributed by atoms with Crippen LogP contribution in [0.4, 0.5) is 0 Å². The number of Topliss-reactive ketones (excluding diaryl/α,β-unsaturated/α-hetero) is 1. The maximum Gasteiger partial charge on any atom is 0.149 e. The summed E-state index contributed by atoms with van der Waals surface area (Å²) in [6, 6.07) is 6.30. The first-order valence-electron chi connectivity index (χ1n) is 6.75. The maximum absolute atomic E-state index is 12.6. The average molecular weight is 255 g/mol. The van der Waals surface area contributed by atoms with Crippen LogP contribution in [0.15, 0.2) is 35.8 Å². The minimum absolute atomic E-state index is 0.0566. The molecule has 2 atom stereocenters. The summed E-state index contributed by atoms with van der Waals surface area (Å²) in [5, 5.41) is 0. The number of nitrogens with zero attached hydrogens (tertiary/aromatic N) is 1. The first-order valence-corrected chi connectivity index (χ1v) is 6.75. The number of aryl methyl sites for hydroxylation is 2. The summed E-state index contributed by atoms with van der Waals surface area (Å²) in [6.07, 6.45) is 3.36. The Hall–Kier alpha value is -1.70. The Balaban J connectivity index is 2.44. The SMILES string of the molecule is C=CCC1CC(=NC)C(c2cc(C)ccc2C)C1=O. The Morgan fingerprint density at radius 1 is 1.42 bits per heavy atom. The third-order valence-corrected chi connectivity index (χ3v) is 3.96. The lowest BCUT2D eigenvalue weighted by atomic mass is 9.89. The van der Waals surface area contributed by atoms with Gasteiger partial charge in [-0.25, -0.2) is 0 Å². The third-order valence-electron chi connectivity index (χ3n) is 3.96. The number of hydrogen-bond donors (Lipinski definition) is 0. The molecule has 0 bridgehead atoms. The summed E-state index contributed by atoms with van der Waals surface area (Å²) in [6.45, 7) is 7.87. The molecule has 0 amide bonds. The van der Waals surface area contributed by atoms with Crippen molar-refractivity contribution in [3.63, 3.8) is 0 Å². The van der Waals surface area contributed by atoms with Crippen LogP contribution in [0, 0.1) is 19.8 Å². The zero-order chi connectivity index (χ0) is 14.0. The van der Waals surface area contributed by atoms with E-state index in [0.717, 1.165) is 24.1 Å². The molecule has 0 saturated heterocycles. The van der Waals surface area contributed by atoms with E-state index in [4.69, 9.17) is 0 Å². The standard InChI is InChI=1S/C17H21NO/c1-5-6-13-10-15(18-4)16(17(13)19)14-9-11(2)7-8-12(14)3/h5,7-9,13,16H,1,6,10H2,2-4H3. The second-order valence-electron chi connectivity index (χ2n) is 5.34. The largest absolute Gasteiger partial charge is 0.298 e. The van der Waals surface area contributed by atoms with Crippen LogP contribution in [0.1, 0.15) is 35.4 Å².